The van der Waals surface area contributed by atoms with Gasteiger partial charge in [0.05, 0.1) is 10.7 Å². The maximum atomic E-state index is 6.34. The summed E-state index contributed by atoms with van der Waals surface area (Å²) in [4.78, 5) is 2.04. The van der Waals surface area contributed by atoms with Crippen LogP contribution in [0.2, 0.25) is 5.02 Å². The Morgan fingerprint density at radius 1 is 0.913 bits per heavy atom. The molecule has 3 aromatic rings. The van der Waals surface area contributed by atoms with Crippen LogP contribution in [0.15, 0.2) is 64.8 Å². The van der Waals surface area contributed by atoms with Crippen LogP contribution in [0.1, 0.15) is 0 Å². The monoisotopic (exact) mass is 324 g/mol. The molecular weight excluding hydrogens is 308 g/mol. The molecule has 0 spiro atoms. The molecule has 0 fully saturated rings. The number of benzene rings is 3. The van der Waals surface area contributed by atoms with Crippen molar-refractivity contribution in [1.82, 2.24) is 0 Å². The first-order chi connectivity index (χ1) is 11.0. The average molecular weight is 325 g/mol. The minimum absolute atomic E-state index is 0.576. The van der Waals surface area contributed by atoms with Crippen molar-refractivity contribution in [2.24, 2.45) is 10.2 Å². The highest BCUT2D eigenvalue weighted by Crippen LogP contribution is 2.36. The molecule has 0 aliphatic heterocycles. The fraction of sp³-hybridized carbons (Fsp3) is 0.111. The van der Waals surface area contributed by atoms with Gasteiger partial charge >= 0.3 is 0 Å². The van der Waals surface area contributed by atoms with Crippen molar-refractivity contribution < 1.29 is 0 Å². The highest BCUT2D eigenvalue weighted by Gasteiger charge is 2.07. The average Bonchev–Trinajstić information content (AvgIpc) is 2.55. The van der Waals surface area contributed by atoms with E-state index >= 15 is 0 Å². The van der Waals surface area contributed by atoms with Crippen LogP contribution >= 0.6 is 11.6 Å². The van der Waals surface area contributed by atoms with Crippen molar-refractivity contribution >= 4 is 45.1 Å². The molecule has 5 heteroatoms. The lowest BCUT2D eigenvalue weighted by atomic mass is 10.1. The Kier molecular flexibility index (Phi) is 4.17. The Labute approximate surface area is 140 Å². The van der Waals surface area contributed by atoms with Gasteiger partial charge in [0.25, 0.3) is 0 Å². The second-order valence-electron chi connectivity index (χ2n) is 5.49. The van der Waals surface area contributed by atoms with Crippen LogP contribution in [0.3, 0.4) is 0 Å². The van der Waals surface area contributed by atoms with Gasteiger partial charge in [0.2, 0.25) is 0 Å². The maximum Gasteiger partial charge on any atom is 0.112 e. The number of halogens is 1. The molecule has 0 amide bonds. The van der Waals surface area contributed by atoms with Crippen LogP contribution in [0, 0.1) is 0 Å². The van der Waals surface area contributed by atoms with Gasteiger partial charge in [-0.25, -0.2) is 0 Å². The quantitative estimate of drug-likeness (QED) is 0.506. The highest BCUT2D eigenvalue weighted by atomic mass is 35.5. The molecule has 0 radical (unpaired) electrons. The number of rotatable bonds is 3. The summed E-state index contributed by atoms with van der Waals surface area (Å²) >= 11 is 6.34. The van der Waals surface area contributed by atoms with Gasteiger partial charge in [-0.3, -0.25) is 0 Å². The zero-order valence-electron chi connectivity index (χ0n) is 13.0. The third-order valence-corrected chi connectivity index (χ3v) is 3.91. The lowest BCUT2D eigenvalue weighted by molar-refractivity contribution is 1.13. The first-order valence-corrected chi connectivity index (χ1v) is 7.59. The molecule has 0 aromatic heterocycles. The Hall–Kier alpha value is -2.59. The van der Waals surface area contributed by atoms with Crippen molar-refractivity contribution in [3.63, 3.8) is 0 Å². The summed E-state index contributed by atoms with van der Waals surface area (Å²) in [6, 6.07) is 17.3. The molecule has 2 N–H and O–H groups in total. The van der Waals surface area contributed by atoms with Crippen LogP contribution in [-0.4, -0.2) is 14.1 Å². The Morgan fingerprint density at radius 3 is 2.30 bits per heavy atom. The summed E-state index contributed by atoms with van der Waals surface area (Å²) in [6.07, 6.45) is 0. The summed E-state index contributed by atoms with van der Waals surface area (Å²) in [5.41, 5.74) is 8.87. The number of nitrogens with two attached hydrogens (primary N) is 1. The predicted octanol–water partition coefficient (Wildman–Crippen LogP) is 5.56. The molecule has 0 bridgehead atoms. The van der Waals surface area contributed by atoms with E-state index in [-0.39, 0.29) is 0 Å². The van der Waals surface area contributed by atoms with E-state index < -0.39 is 0 Å². The SMILES string of the molecule is CN(C)c1ccc2ccc(Cl)c(N=Nc3ccc(N)cc3)c2c1. The smallest absolute Gasteiger partial charge is 0.112 e. The minimum atomic E-state index is 0.576. The number of nitrogen functional groups attached to an aromatic ring is 1. The fourth-order valence-corrected chi connectivity index (χ4v) is 2.50. The lowest BCUT2D eigenvalue weighted by Crippen LogP contribution is -2.08. The zero-order chi connectivity index (χ0) is 16.4. The molecule has 23 heavy (non-hydrogen) atoms. The van der Waals surface area contributed by atoms with E-state index in [0.717, 1.165) is 22.1 Å². The normalized spacial score (nSPS) is 11.3. The standard InChI is InChI=1S/C18H17ClN4/c1-23(2)15-9-3-12-4-10-17(19)18(16(12)11-15)22-21-14-7-5-13(20)6-8-14/h3-11H,20H2,1-2H3. The molecule has 3 aromatic carbocycles. The molecule has 0 heterocycles. The van der Waals surface area contributed by atoms with Crippen LogP contribution in [-0.2, 0) is 0 Å². The summed E-state index contributed by atoms with van der Waals surface area (Å²) in [5.74, 6) is 0. The maximum absolute atomic E-state index is 6.34. The lowest BCUT2D eigenvalue weighted by Gasteiger charge is -2.14. The molecule has 3 rings (SSSR count). The van der Waals surface area contributed by atoms with Crippen molar-refractivity contribution in [3.8, 4) is 0 Å². The summed E-state index contributed by atoms with van der Waals surface area (Å²) in [5, 5.41) is 11.3. The van der Waals surface area contributed by atoms with Gasteiger partial charge < -0.3 is 10.6 Å². The number of nitrogens with zero attached hydrogens (tertiary/aromatic N) is 3. The van der Waals surface area contributed by atoms with E-state index in [1.165, 1.54) is 0 Å². The van der Waals surface area contributed by atoms with E-state index in [0.29, 0.717) is 16.4 Å². The second-order valence-corrected chi connectivity index (χ2v) is 5.89. The molecule has 0 unspecified atom stereocenters. The van der Waals surface area contributed by atoms with Crippen molar-refractivity contribution in [3.05, 3.63) is 59.6 Å². The molecule has 0 atom stereocenters. The van der Waals surface area contributed by atoms with Gasteiger partial charge in [-0.1, -0.05) is 23.7 Å². The number of hydrogen-bond donors (Lipinski definition) is 1. The summed E-state index contributed by atoms with van der Waals surface area (Å²) < 4.78 is 0. The van der Waals surface area contributed by atoms with E-state index in [9.17, 15) is 0 Å². The highest BCUT2D eigenvalue weighted by molar-refractivity contribution is 6.34. The first kappa shape index (κ1) is 15.3. The van der Waals surface area contributed by atoms with E-state index in [2.05, 4.69) is 28.4 Å². The van der Waals surface area contributed by atoms with Gasteiger partial charge in [-0.15, -0.1) is 5.11 Å². The van der Waals surface area contributed by atoms with Gasteiger partial charge in [-0.05, 0) is 47.9 Å². The fourth-order valence-electron chi connectivity index (χ4n) is 2.29. The molecule has 116 valence electrons. The van der Waals surface area contributed by atoms with Gasteiger partial charge in [-0.2, -0.15) is 5.11 Å². The third-order valence-electron chi connectivity index (χ3n) is 3.60. The van der Waals surface area contributed by atoms with Crippen LogP contribution in [0.4, 0.5) is 22.7 Å². The summed E-state index contributed by atoms with van der Waals surface area (Å²) in [7, 11) is 4.00. The molecule has 0 saturated carbocycles. The number of azo groups is 1. The number of anilines is 2. The largest absolute Gasteiger partial charge is 0.399 e. The summed E-state index contributed by atoms with van der Waals surface area (Å²) in [6.45, 7) is 0. The molecular formula is C18H17ClN4. The van der Waals surface area contributed by atoms with Gasteiger partial charge in [0, 0.05) is 30.9 Å². The zero-order valence-corrected chi connectivity index (χ0v) is 13.7. The predicted molar refractivity (Wildman–Crippen MR) is 98.3 cm³/mol. The second kappa shape index (κ2) is 6.26. The number of fused-ring (bicyclic) bond motifs is 1. The minimum Gasteiger partial charge on any atom is -0.399 e. The topological polar surface area (TPSA) is 54.0 Å². The van der Waals surface area contributed by atoms with E-state index in [1.807, 2.05) is 43.3 Å². The Morgan fingerprint density at radius 2 is 1.61 bits per heavy atom. The van der Waals surface area contributed by atoms with Crippen LogP contribution in [0.25, 0.3) is 10.8 Å². The molecule has 4 nitrogen and oxygen atoms in total. The Balaban J connectivity index is 2.09. The van der Waals surface area contributed by atoms with Gasteiger partial charge in [0.1, 0.15) is 5.69 Å². The van der Waals surface area contributed by atoms with Crippen molar-refractivity contribution in [2.75, 3.05) is 24.7 Å². The molecule has 0 aliphatic carbocycles. The molecule has 0 aliphatic rings. The van der Waals surface area contributed by atoms with Gasteiger partial charge in [0.15, 0.2) is 0 Å². The van der Waals surface area contributed by atoms with E-state index in [4.69, 9.17) is 17.3 Å². The van der Waals surface area contributed by atoms with Crippen molar-refractivity contribution in [2.45, 2.75) is 0 Å². The van der Waals surface area contributed by atoms with E-state index in [1.54, 1.807) is 12.1 Å². The van der Waals surface area contributed by atoms with Crippen molar-refractivity contribution in [1.29, 1.82) is 0 Å². The van der Waals surface area contributed by atoms with Crippen LogP contribution in [0.5, 0.6) is 0 Å². The molecule has 0 saturated heterocycles. The number of hydrogen-bond acceptors (Lipinski definition) is 4. The van der Waals surface area contributed by atoms with Crippen LogP contribution < -0.4 is 10.6 Å². The Bertz CT molecular complexity index is 870. The first-order valence-electron chi connectivity index (χ1n) is 7.21. The third kappa shape index (κ3) is 3.27.